The number of rotatable bonds is 10. The summed E-state index contributed by atoms with van der Waals surface area (Å²) in [5, 5.41) is 22.6. The van der Waals surface area contributed by atoms with Gasteiger partial charge in [0.05, 0.1) is 30.2 Å². The van der Waals surface area contributed by atoms with Crippen LogP contribution in [0.5, 0.6) is 0 Å². The van der Waals surface area contributed by atoms with Gasteiger partial charge < -0.3 is 10.2 Å². The molecule has 0 spiro atoms. The monoisotopic (exact) mass is 630 g/mol. The number of nitrogens with zero attached hydrogens (tertiary/aromatic N) is 9. The lowest BCUT2D eigenvalue weighted by atomic mass is 9.90. The van der Waals surface area contributed by atoms with Crippen molar-refractivity contribution in [3.63, 3.8) is 0 Å². The van der Waals surface area contributed by atoms with Crippen molar-refractivity contribution in [1.29, 1.82) is 5.26 Å². The predicted octanol–water partition coefficient (Wildman–Crippen LogP) is 5.09. The minimum atomic E-state index is -0.428. The zero-order chi connectivity index (χ0) is 32.8. The minimum Gasteiger partial charge on any atom is -0.351 e. The smallest absolute Gasteiger partial charge is 0.351 e. The van der Waals surface area contributed by atoms with E-state index in [1.165, 1.54) is 6.20 Å². The molecule has 0 radical (unpaired) electrons. The molecule has 2 aromatic carbocycles. The fourth-order valence-electron chi connectivity index (χ4n) is 5.93. The molecule has 0 bridgehead atoms. The molecule has 0 aliphatic heterocycles. The maximum absolute atomic E-state index is 14.2. The highest BCUT2D eigenvalue weighted by Crippen LogP contribution is 2.32. The fraction of sp³-hybridized carbons (Fsp3) is 0.265. The number of anilines is 2. The lowest BCUT2D eigenvalue weighted by Gasteiger charge is -2.38. The van der Waals surface area contributed by atoms with Crippen molar-refractivity contribution in [3.05, 3.63) is 96.6 Å². The van der Waals surface area contributed by atoms with Crippen molar-refractivity contribution in [1.82, 2.24) is 34.6 Å². The first-order valence-corrected chi connectivity index (χ1v) is 15.3. The van der Waals surface area contributed by atoms with Crippen molar-refractivity contribution in [2.24, 2.45) is 14.1 Å². The average molecular weight is 631 g/mol. The molecule has 3 heterocycles. The Labute approximate surface area is 272 Å². The SMILES string of the molecule is Cn1cc(-c2ccc(N(C(=O)N(Cc3ccccc3)OC=O)C3CCC(Nc4ncc(C#N)c(-c5ccnn5C)n4)CC3)cc2)cn1. The summed E-state index contributed by atoms with van der Waals surface area (Å²) in [6.45, 7) is 0.386. The van der Waals surface area contributed by atoms with Crippen LogP contribution in [0.25, 0.3) is 22.5 Å². The van der Waals surface area contributed by atoms with Gasteiger partial charge in [-0.15, -0.1) is 5.06 Å². The molecule has 1 saturated carbocycles. The van der Waals surface area contributed by atoms with Crippen LogP contribution in [0.2, 0.25) is 0 Å². The molecule has 0 saturated heterocycles. The number of amides is 2. The Balaban J connectivity index is 1.22. The van der Waals surface area contributed by atoms with Gasteiger partial charge in [0.15, 0.2) is 0 Å². The van der Waals surface area contributed by atoms with Gasteiger partial charge >= 0.3 is 12.5 Å². The maximum atomic E-state index is 14.2. The highest BCUT2D eigenvalue weighted by Gasteiger charge is 2.34. The third-order valence-corrected chi connectivity index (χ3v) is 8.31. The van der Waals surface area contributed by atoms with Crippen LogP contribution in [0, 0.1) is 11.3 Å². The number of carbonyl (C=O) groups is 2. The normalized spacial score (nSPS) is 15.8. The molecular weight excluding hydrogens is 596 g/mol. The Kier molecular flexibility index (Phi) is 9.19. The van der Waals surface area contributed by atoms with Crippen LogP contribution in [0.3, 0.4) is 0 Å². The molecule has 238 valence electrons. The summed E-state index contributed by atoms with van der Waals surface area (Å²) in [4.78, 5) is 41.8. The van der Waals surface area contributed by atoms with E-state index in [1.807, 2.05) is 73.9 Å². The predicted molar refractivity (Wildman–Crippen MR) is 174 cm³/mol. The van der Waals surface area contributed by atoms with E-state index in [4.69, 9.17) is 4.84 Å². The lowest BCUT2D eigenvalue weighted by molar-refractivity contribution is -0.161. The molecule has 3 aromatic heterocycles. The first kappa shape index (κ1) is 31.0. The molecule has 1 fully saturated rings. The van der Waals surface area contributed by atoms with Crippen LogP contribution < -0.4 is 10.2 Å². The fourth-order valence-corrected chi connectivity index (χ4v) is 5.93. The quantitative estimate of drug-likeness (QED) is 0.165. The van der Waals surface area contributed by atoms with Crippen molar-refractivity contribution in [2.45, 2.75) is 44.3 Å². The Morgan fingerprint density at radius 3 is 2.43 bits per heavy atom. The first-order valence-electron chi connectivity index (χ1n) is 15.3. The van der Waals surface area contributed by atoms with E-state index in [0.29, 0.717) is 35.7 Å². The van der Waals surface area contributed by atoms with Crippen molar-refractivity contribution in [2.75, 3.05) is 10.2 Å². The van der Waals surface area contributed by atoms with E-state index in [-0.39, 0.29) is 25.1 Å². The third-order valence-electron chi connectivity index (χ3n) is 8.31. The van der Waals surface area contributed by atoms with E-state index in [2.05, 4.69) is 31.6 Å². The van der Waals surface area contributed by atoms with Gasteiger partial charge in [-0.2, -0.15) is 15.5 Å². The maximum Gasteiger partial charge on any atom is 0.358 e. The molecule has 2 amide bonds. The highest BCUT2D eigenvalue weighted by atomic mass is 16.7. The van der Waals surface area contributed by atoms with Crippen LogP contribution in [0.1, 0.15) is 36.8 Å². The Hall–Kier alpha value is -6.03. The summed E-state index contributed by atoms with van der Waals surface area (Å²) in [6.07, 6.45) is 9.74. The molecule has 1 N–H and O–H groups in total. The number of hydrogen-bond acceptors (Lipinski definition) is 9. The van der Waals surface area contributed by atoms with Crippen LogP contribution >= 0.6 is 0 Å². The highest BCUT2D eigenvalue weighted by molar-refractivity contribution is 5.92. The summed E-state index contributed by atoms with van der Waals surface area (Å²) < 4.78 is 3.41. The molecule has 1 aliphatic carbocycles. The van der Waals surface area contributed by atoms with E-state index in [1.54, 1.807) is 33.7 Å². The molecule has 0 unspecified atom stereocenters. The Morgan fingerprint density at radius 2 is 1.79 bits per heavy atom. The summed E-state index contributed by atoms with van der Waals surface area (Å²) >= 11 is 0. The zero-order valence-corrected chi connectivity index (χ0v) is 26.1. The zero-order valence-electron chi connectivity index (χ0n) is 26.1. The van der Waals surface area contributed by atoms with E-state index in [0.717, 1.165) is 40.3 Å². The molecule has 13 heteroatoms. The second-order valence-corrected chi connectivity index (χ2v) is 11.4. The van der Waals surface area contributed by atoms with Crippen LogP contribution in [0.4, 0.5) is 16.4 Å². The number of nitriles is 1. The van der Waals surface area contributed by atoms with Gasteiger partial charge in [-0.3, -0.25) is 19.1 Å². The van der Waals surface area contributed by atoms with Gasteiger partial charge in [0, 0.05) is 49.8 Å². The number of aryl methyl sites for hydroxylation is 2. The van der Waals surface area contributed by atoms with Gasteiger partial charge in [-0.05, 0) is 55.0 Å². The number of carbonyl (C=O) groups excluding carboxylic acids is 2. The van der Waals surface area contributed by atoms with Crippen molar-refractivity contribution >= 4 is 24.1 Å². The first-order chi connectivity index (χ1) is 22.9. The minimum absolute atomic E-state index is 0.0510. The standard InChI is InChI=1S/C34H34N10O3/c1-41-22-27(20-38-41)25-8-12-29(13-9-25)44(34(46)43(47-23-45)21-24-6-4-3-5-7-24)30-14-10-28(11-15-30)39-33-36-19-26(18-35)32(40-33)31-16-17-37-42(31)2/h3-9,12-13,16-17,19-20,22-23,28,30H,10-11,14-15,21H2,1-2H3,(H,36,39,40). The van der Waals surface area contributed by atoms with E-state index >= 15 is 0 Å². The summed E-state index contributed by atoms with van der Waals surface area (Å²) in [7, 11) is 3.67. The number of nitrogens with one attached hydrogen (secondary N) is 1. The van der Waals surface area contributed by atoms with Gasteiger partial charge in [-0.25, -0.2) is 14.8 Å². The van der Waals surface area contributed by atoms with Crippen LogP contribution in [-0.2, 0) is 30.3 Å². The van der Waals surface area contributed by atoms with Gasteiger partial charge in [0.1, 0.15) is 11.8 Å². The Morgan fingerprint density at radius 1 is 1.02 bits per heavy atom. The average Bonchev–Trinajstić information content (AvgIpc) is 3.74. The van der Waals surface area contributed by atoms with Gasteiger partial charge in [0.2, 0.25) is 5.95 Å². The number of hydrogen-bond donors (Lipinski definition) is 1. The molecule has 0 atom stereocenters. The molecule has 47 heavy (non-hydrogen) atoms. The topological polar surface area (TPSA) is 147 Å². The summed E-state index contributed by atoms with van der Waals surface area (Å²) in [5.74, 6) is 0.427. The second-order valence-electron chi connectivity index (χ2n) is 11.4. The van der Waals surface area contributed by atoms with Crippen LogP contribution in [0.15, 0.2) is 85.5 Å². The molecule has 1 aliphatic rings. The lowest BCUT2D eigenvalue weighted by Crippen LogP contribution is -2.50. The molecule has 6 rings (SSSR count). The number of benzene rings is 2. The molecular formula is C34H34N10O3. The Bertz CT molecular complexity index is 1870. The third kappa shape index (κ3) is 6.96. The van der Waals surface area contributed by atoms with E-state index < -0.39 is 6.03 Å². The van der Waals surface area contributed by atoms with E-state index in [9.17, 15) is 14.9 Å². The summed E-state index contributed by atoms with van der Waals surface area (Å²) in [6, 6.07) is 20.6. The molecule has 13 nitrogen and oxygen atoms in total. The van der Waals surface area contributed by atoms with Crippen molar-refractivity contribution < 1.29 is 14.4 Å². The summed E-state index contributed by atoms with van der Waals surface area (Å²) in [5.41, 5.74) is 5.06. The number of urea groups is 1. The van der Waals surface area contributed by atoms with Gasteiger partial charge in [0.25, 0.3) is 0 Å². The second kappa shape index (κ2) is 13.9. The van der Waals surface area contributed by atoms with Crippen molar-refractivity contribution in [3.8, 4) is 28.6 Å². The van der Waals surface area contributed by atoms with Gasteiger partial charge in [-0.1, -0.05) is 42.5 Å². The molecule has 5 aromatic rings. The number of aromatic nitrogens is 6. The number of hydroxylamine groups is 2. The largest absolute Gasteiger partial charge is 0.358 e. The van der Waals surface area contributed by atoms with Crippen LogP contribution in [-0.4, -0.2) is 59.2 Å².